The highest BCUT2D eigenvalue weighted by molar-refractivity contribution is 5.93. The third-order valence-corrected chi connectivity index (χ3v) is 2.71. The molecular weight excluding hydrogens is 288 g/mol. The first-order valence-corrected chi connectivity index (χ1v) is 6.66. The van der Waals surface area contributed by atoms with Crippen molar-refractivity contribution in [1.29, 1.82) is 0 Å². The van der Waals surface area contributed by atoms with Crippen LogP contribution in [0.2, 0.25) is 0 Å². The molecule has 1 unspecified atom stereocenters. The highest BCUT2D eigenvalue weighted by Crippen LogP contribution is 2.26. The molecule has 6 nitrogen and oxygen atoms in total. The van der Waals surface area contributed by atoms with E-state index in [1.807, 2.05) is 0 Å². The Morgan fingerprint density at radius 3 is 2.32 bits per heavy atom. The van der Waals surface area contributed by atoms with Gasteiger partial charge in [-0.3, -0.25) is 9.59 Å². The Morgan fingerprint density at radius 1 is 1.14 bits per heavy atom. The SMILES string of the molecule is C=C(C(=O)OC)C(OC(=O)CC(=O)OCC)c1ccccc1. The molecule has 0 aliphatic rings. The van der Waals surface area contributed by atoms with Gasteiger partial charge in [-0.1, -0.05) is 36.9 Å². The van der Waals surface area contributed by atoms with Gasteiger partial charge in [0.1, 0.15) is 6.42 Å². The van der Waals surface area contributed by atoms with Gasteiger partial charge in [0.2, 0.25) is 0 Å². The molecule has 0 N–H and O–H groups in total. The van der Waals surface area contributed by atoms with Crippen LogP contribution in [-0.4, -0.2) is 31.6 Å². The minimum atomic E-state index is -1.02. The molecule has 0 saturated carbocycles. The van der Waals surface area contributed by atoms with Crippen molar-refractivity contribution < 1.29 is 28.6 Å². The monoisotopic (exact) mass is 306 g/mol. The topological polar surface area (TPSA) is 78.9 Å². The van der Waals surface area contributed by atoms with Gasteiger partial charge >= 0.3 is 17.9 Å². The zero-order valence-corrected chi connectivity index (χ0v) is 12.5. The molecule has 1 rings (SSSR count). The number of carbonyl (C=O) groups excluding carboxylic acids is 3. The maximum Gasteiger partial charge on any atom is 0.337 e. The molecule has 118 valence electrons. The molecule has 22 heavy (non-hydrogen) atoms. The third-order valence-electron chi connectivity index (χ3n) is 2.71. The number of carbonyl (C=O) groups is 3. The van der Waals surface area contributed by atoms with E-state index in [1.165, 1.54) is 7.11 Å². The van der Waals surface area contributed by atoms with E-state index in [2.05, 4.69) is 16.1 Å². The van der Waals surface area contributed by atoms with Gasteiger partial charge in [-0.2, -0.15) is 0 Å². The average Bonchev–Trinajstić information content (AvgIpc) is 2.52. The van der Waals surface area contributed by atoms with Crippen molar-refractivity contribution >= 4 is 17.9 Å². The Balaban J connectivity index is 2.88. The van der Waals surface area contributed by atoms with Crippen LogP contribution in [0.15, 0.2) is 42.5 Å². The number of methoxy groups -OCH3 is 1. The van der Waals surface area contributed by atoms with E-state index in [9.17, 15) is 14.4 Å². The summed E-state index contributed by atoms with van der Waals surface area (Å²) < 4.78 is 14.5. The Morgan fingerprint density at radius 2 is 1.77 bits per heavy atom. The van der Waals surface area contributed by atoms with Gasteiger partial charge in [0, 0.05) is 0 Å². The summed E-state index contributed by atoms with van der Waals surface area (Å²) in [5, 5.41) is 0. The fourth-order valence-electron chi connectivity index (χ4n) is 1.71. The molecule has 1 aromatic carbocycles. The normalized spacial score (nSPS) is 11.2. The van der Waals surface area contributed by atoms with Gasteiger partial charge in [-0.15, -0.1) is 0 Å². The Bertz CT molecular complexity index is 549. The highest BCUT2D eigenvalue weighted by atomic mass is 16.6. The molecule has 1 aromatic rings. The standard InChI is InChI=1S/C16H18O6/c1-4-21-13(17)10-14(18)22-15(11(2)16(19)20-3)12-8-6-5-7-9-12/h5-9,15H,2,4,10H2,1,3H3. The van der Waals surface area contributed by atoms with E-state index < -0.39 is 30.4 Å². The van der Waals surface area contributed by atoms with Crippen molar-refractivity contribution in [3.63, 3.8) is 0 Å². The van der Waals surface area contributed by atoms with E-state index in [1.54, 1.807) is 37.3 Å². The molecule has 0 aliphatic heterocycles. The van der Waals surface area contributed by atoms with Crippen molar-refractivity contribution in [2.24, 2.45) is 0 Å². The van der Waals surface area contributed by atoms with E-state index in [0.29, 0.717) is 5.56 Å². The molecule has 0 saturated heterocycles. The Hall–Kier alpha value is -2.63. The second-order valence-corrected chi connectivity index (χ2v) is 4.28. The van der Waals surface area contributed by atoms with Crippen LogP contribution in [-0.2, 0) is 28.6 Å². The van der Waals surface area contributed by atoms with E-state index in [0.717, 1.165) is 0 Å². The van der Waals surface area contributed by atoms with E-state index in [-0.39, 0.29) is 12.2 Å². The number of benzene rings is 1. The van der Waals surface area contributed by atoms with Gasteiger partial charge in [0.05, 0.1) is 19.3 Å². The number of rotatable bonds is 7. The lowest BCUT2D eigenvalue weighted by atomic mass is 10.0. The maximum atomic E-state index is 11.8. The van der Waals surface area contributed by atoms with E-state index >= 15 is 0 Å². The molecule has 0 amide bonds. The number of ether oxygens (including phenoxy) is 3. The molecule has 0 heterocycles. The lowest BCUT2D eigenvalue weighted by molar-refractivity contribution is -0.157. The molecule has 0 spiro atoms. The fraction of sp³-hybridized carbons (Fsp3) is 0.312. The minimum absolute atomic E-state index is 0.0362. The molecular formula is C16H18O6. The minimum Gasteiger partial charge on any atom is -0.466 e. The third kappa shape index (κ3) is 5.05. The van der Waals surface area contributed by atoms with Crippen LogP contribution in [0.1, 0.15) is 25.0 Å². The van der Waals surface area contributed by atoms with Crippen molar-refractivity contribution in [2.75, 3.05) is 13.7 Å². The summed E-state index contributed by atoms with van der Waals surface area (Å²) in [7, 11) is 1.20. The number of hydrogen-bond acceptors (Lipinski definition) is 6. The molecule has 6 heteroatoms. The highest BCUT2D eigenvalue weighted by Gasteiger charge is 2.26. The van der Waals surface area contributed by atoms with Crippen LogP contribution in [0.3, 0.4) is 0 Å². The van der Waals surface area contributed by atoms with Crippen molar-refractivity contribution in [2.45, 2.75) is 19.4 Å². The van der Waals surface area contributed by atoms with Crippen LogP contribution < -0.4 is 0 Å². The lowest BCUT2D eigenvalue weighted by Crippen LogP contribution is -2.21. The Labute approximate surface area is 128 Å². The number of esters is 3. The Kier molecular flexibility index (Phi) is 6.82. The van der Waals surface area contributed by atoms with Gasteiger partial charge in [0.25, 0.3) is 0 Å². The molecule has 0 fully saturated rings. The van der Waals surface area contributed by atoms with Crippen molar-refractivity contribution in [1.82, 2.24) is 0 Å². The fourth-order valence-corrected chi connectivity index (χ4v) is 1.71. The van der Waals surface area contributed by atoms with Gasteiger partial charge in [-0.25, -0.2) is 4.79 Å². The van der Waals surface area contributed by atoms with Crippen molar-refractivity contribution in [3.8, 4) is 0 Å². The van der Waals surface area contributed by atoms with Crippen LogP contribution >= 0.6 is 0 Å². The maximum absolute atomic E-state index is 11.8. The molecule has 1 atom stereocenters. The zero-order valence-electron chi connectivity index (χ0n) is 12.5. The van der Waals surface area contributed by atoms with Crippen LogP contribution in [0.5, 0.6) is 0 Å². The largest absolute Gasteiger partial charge is 0.466 e. The summed E-state index contributed by atoms with van der Waals surface area (Å²) in [5.41, 5.74) is 0.515. The molecule has 0 aromatic heterocycles. The van der Waals surface area contributed by atoms with E-state index in [4.69, 9.17) is 4.74 Å². The van der Waals surface area contributed by atoms with Crippen molar-refractivity contribution in [3.05, 3.63) is 48.0 Å². The predicted molar refractivity (Wildman–Crippen MR) is 77.7 cm³/mol. The number of hydrogen-bond donors (Lipinski definition) is 0. The second kappa shape index (κ2) is 8.61. The first-order chi connectivity index (χ1) is 10.5. The van der Waals surface area contributed by atoms with Gasteiger partial charge in [0.15, 0.2) is 6.10 Å². The average molecular weight is 306 g/mol. The summed E-state index contributed by atoms with van der Waals surface area (Å²) in [5.74, 6) is -2.20. The zero-order chi connectivity index (χ0) is 16.5. The first kappa shape index (κ1) is 17.4. The van der Waals surface area contributed by atoms with Gasteiger partial charge in [-0.05, 0) is 12.5 Å². The van der Waals surface area contributed by atoms with Gasteiger partial charge < -0.3 is 14.2 Å². The molecule has 0 bridgehead atoms. The molecule has 0 radical (unpaired) electrons. The first-order valence-electron chi connectivity index (χ1n) is 6.66. The van der Waals surface area contributed by atoms with Crippen LogP contribution in [0, 0.1) is 0 Å². The predicted octanol–water partition coefficient (Wildman–Crippen LogP) is 1.95. The second-order valence-electron chi connectivity index (χ2n) is 4.28. The van der Waals surface area contributed by atoms with Crippen LogP contribution in [0.25, 0.3) is 0 Å². The molecule has 0 aliphatic carbocycles. The lowest BCUT2D eigenvalue weighted by Gasteiger charge is -2.19. The smallest absolute Gasteiger partial charge is 0.337 e. The van der Waals surface area contributed by atoms with Crippen LogP contribution in [0.4, 0.5) is 0 Å². The summed E-state index contributed by atoms with van der Waals surface area (Å²) in [6.07, 6.45) is -1.55. The summed E-state index contributed by atoms with van der Waals surface area (Å²) >= 11 is 0. The summed E-state index contributed by atoms with van der Waals surface area (Å²) in [6.45, 7) is 5.41. The summed E-state index contributed by atoms with van der Waals surface area (Å²) in [6, 6.07) is 8.59. The quantitative estimate of drug-likeness (QED) is 0.331. The summed E-state index contributed by atoms with van der Waals surface area (Å²) in [4.78, 5) is 34.7.